The fraction of sp³-hybridized carbons (Fsp3) is 0.400. The van der Waals surface area contributed by atoms with Gasteiger partial charge in [0, 0.05) is 6.42 Å². The average molecular weight is 376 g/mol. The Bertz CT molecular complexity index is 731. The van der Waals surface area contributed by atoms with Crippen molar-refractivity contribution in [2.75, 3.05) is 13.7 Å². The molecule has 0 aromatic heterocycles. The number of rotatable bonds is 6. The van der Waals surface area contributed by atoms with Crippen molar-refractivity contribution in [3.8, 4) is 11.5 Å². The molecule has 5 atom stereocenters. The molecule has 3 rings (SSSR count). The molecule has 0 saturated carbocycles. The minimum Gasteiger partial charge on any atom is -0.497 e. The Morgan fingerprint density at radius 1 is 0.926 bits per heavy atom. The van der Waals surface area contributed by atoms with Gasteiger partial charge >= 0.3 is 0 Å². The van der Waals surface area contributed by atoms with Gasteiger partial charge in [-0.2, -0.15) is 0 Å². The third kappa shape index (κ3) is 4.40. The van der Waals surface area contributed by atoms with Crippen molar-refractivity contribution in [2.45, 2.75) is 37.1 Å². The van der Waals surface area contributed by atoms with E-state index in [0.717, 1.165) is 16.9 Å². The third-order valence-corrected chi connectivity index (χ3v) is 4.62. The number of benzene rings is 2. The molecule has 146 valence electrons. The first-order valence-electron chi connectivity index (χ1n) is 8.71. The second-order valence-electron chi connectivity index (χ2n) is 6.45. The molecule has 7 heteroatoms. The van der Waals surface area contributed by atoms with Crippen LogP contribution in [-0.4, -0.2) is 64.8 Å². The van der Waals surface area contributed by atoms with Crippen LogP contribution in [0.3, 0.4) is 0 Å². The molecule has 1 aliphatic rings. The van der Waals surface area contributed by atoms with Crippen LogP contribution in [0.1, 0.15) is 11.1 Å². The molecule has 1 unspecified atom stereocenters. The van der Waals surface area contributed by atoms with Crippen molar-refractivity contribution in [1.82, 2.24) is 0 Å². The summed E-state index contributed by atoms with van der Waals surface area (Å²) in [5.41, 5.74) is 1.90. The summed E-state index contributed by atoms with van der Waals surface area (Å²) < 4.78 is 16.4. The van der Waals surface area contributed by atoms with Crippen LogP contribution in [0.25, 0.3) is 0 Å². The summed E-state index contributed by atoms with van der Waals surface area (Å²) in [6.45, 7) is -0.502. The van der Waals surface area contributed by atoms with Crippen LogP contribution in [0.2, 0.25) is 0 Å². The summed E-state index contributed by atoms with van der Waals surface area (Å²) in [5.74, 6) is 1.25. The third-order valence-electron chi connectivity index (χ3n) is 4.62. The summed E-state index contributed by atoms with van der Waals surface area (Å²) in [4.78, 5) is 0. The Morgan fingerprint density at radius 3 is 2.30 bits per heavy atom. The Kier molecular flexibility index (Phi) is 6.30. The highest BCUT2D eigenvalue weighted by Crippen LogP contribution is 2.28. The van der Waals surface area contributed by atoms with Gasteiger partial charge in [0.1, 0.15) is 35.9 Å². The van der Waals surface area contributed by atoms with Crippen molar-refractivity contribution in [1.29, 1.82) is 0 Å². The van der Waals surface area contributed by atoms with Gasteiger partial charge in [-0.3, -0.25) is 0 Å². The Hall–Kier alpha value is -2.16. The monoisotopic (exact) mass is 376 g/mol. The lowest BCUT2D eigenvalue weighted by molar-refractivity contribution is -0.277. The van der Waals surface area contributed by atoms with Crippen LogP contribution >= 0.6 is 0 Å². The highest BCUT2D eigenvalue weighted by Gasteiger charge is 2.44. The normalized spacial score (nSPS) is 28.0. The van der Waals surface area contributed by atoms with Crippen LogP contribution in [0, 0.1) is 0 Å². The summed E-state index contributed by atoms with van der Waals surface area (Å²) in [6.07, 6.45) is -5.98. The SMILES string of the molecule is COc1ccc(Cc2ccccc2O[C@@H]2O[C@H](CO)[C@@H](O)[C@H](O)C2O)cc1. The molecule has 1 aliphatic heterocycles. The van der Waals surface area contributed by atoms with E-state index in [0.29, 0.717) is 12.2 Å². The van der Waals surface area contributed by atoms with Gasteiger partial charge in [0.15, 0.2) is 0 Å². The predicted molar refractivity (Wildman–Crippen MR) is 96.6 cm³/mol. The number of aliphatic hydroxyl groups excluding tert-OH is 4. The molecule has 0 bridgehead atoms. The van der Waals surface area contributed by atoms with Crippen molar-refractivity contribution in [2.24, 2.45) is 0 Å². The molecule has 27 heavy (non-hydrogen) atoms. The number of aliphatic hydroxyl groups is 4. The average Bonchev–Trinajstić information content (AvgIpc) is 2.70. The minimum atomic E-state index is -1.48. The summed E-state index contributed by atoms with van der Waals surface area (Å²) in [6, 6.07) is 14.9. The molecule has 1 fully saturated rings. The van der Waals surface area contributed by atoms with Crippen LogP contribution in [0.4, 0.5) is 0 Å². The topological polar surface area (TPSA) is 109 Å². The number of methoxy groups -OCH3 is 1. The van der Waals surface area contributed by atoms with Gasteiger partial charge in [-0.25, -0.2) is 0 Å². The molecule has 2 aromatic rings. The Balaban J connectivity index is 1.77. The summed E-state index contributed by atoms with van der Waals surface area (Å²) in [5, 5.41) is 39.3. The maximum atomic E-state index is 10.2. The maximum Gasteiger partial charge on any atom is 0.229 e. The number of para-hydroxylation sites is 1. The van der Waals surface area contributed by atoms with Gasteiger partial charge in [0.25, 0.3) is 0 Å². The molecule has 0 amide bonds. The fourth-order valence-electron chi connectivity index (χ4n) is 3.02. The van der Waals surface area contributed by atoms with E-state index < -0.39 is 37.3 Å². The van der Waals surface area contributed by atoms with E-state index in [-0.39, 0.29) is 0 Å². The number of hydrogen-bond acceptors (Lipinski definition) is 7. The van der Waals surface area contributed by atoms with E-state index in [1.807, 2.05) is 36.4 Å². The first kappa shape index (κ1) is 19.6. The highest BCUT2D eigenvalue weighted by molar-refractivity contribution is 5.39. The zero-order valence-electron chi connectivity index (χ0n) is 14.9. The van der Waals surface area contributed by atoms with E-state index in [9.17, 15) is 20.4 Å². The van der Waals surface area contributed by atoms with Crippen LogP contribution < -0.4 is 9.47 Å². The Labute approximate surface area is 157 Å². The Morgan fingerprint density at radius 2 is 1.63 bits per heavy atom. The lowest BCUT2D eigenvalue weighted by Gasteiger charge is -2.39. The van der Waals surface area contributed by atoms with Gasteiger partial charge in [-0.15, -0.1) is 0 Å². The van der Waals surface area contributed by atoms with Crippen molar-refractivity contribution < 1.29 is 34.6 Å². The molecule has 0 spiro atoms. The molecule has 1 saturated heterocycles. The van der Waals surface area contributed by atoms with Crippen molar-refractivity contribution >= 4 is 0 Å². The van der Waals surface area contributed by atoms with E-state index in [4.69, 9.17) is 14.2 Å². The molecular formula is C20H24O7. The molecule has 7 nitrogen and oxygen atoms in total. The second kappa shape index (κ2) is 8.69. The van der Waals surface area contributed by atoms with E-state index in [1.165, 1.54) is 0 Å². The molecule has 0 radical (unpaired) electrons. The van der Waals surface area contributed by atoms with Gasteiger partial charge in [-0.1, -0.05) is 30.3 Å². The molecular weight excluding hydrogens is 352 g/mol. The van der Waals surface area contributed by atoms with Crippen LogP contribution in [-0.2, 0) is 11.2 Å². The maximum absolute atomic E-state index is 10.2. The van der Waals surface area contributed by atoms with E-state index in [2.05, 4.69) is 0 Å². The fourth-order valence-corrected chi connectivity index (χ4v) is 3.02. The minimum absolute atomic E-state index is 0.484. The first-order chi connectivity index (χ1) is 13.0. The van der Waals surface area contributed by atoms with Crippen LogP contribution in [0.5, 0.6) is 11.5 Å². The number of hydrogen-bond donors (Lipinski definition) is 4. The molecule has 2 aromatic carbocycles. The van der Waals surface area contributed by atoms with Gasteiger partial charge in [0.05, 0.1) is 13.7 Å². The summed E-state index contributed by atoms with van der Waals surface area (Å²) in [7, 11) is 1.61. The number of ether oxygens (including phenoxy) is 3. The van der Waals surface area contributed by atoms with Crippen molar-refractivity contribution in [3.63, 3.8) is 0 Å². The van der Waals surface area contributed by atoms with E-state index in [1.54, 1.807) is 19.2 Å². The van der Waals surface area contributed by atoms with E-state index >= 15 is 0 Å². The largest absolute Gasteiger partial charge is 0.497 e. The summed E-state index contributed by atoms with van der Waals surface area (Å²) >= 11 is 0. The van der Waals surface area contributed by atoms with Crippen LogP contribution in [0.15, 0.2) is 48.5 Å². The highest BCUT2D eigenvalue weighted by atomic mass is 16.7. The smallest absolute Gasteiger partial charge is 0.229 e. The molecule has 4 N–H and O–H groups in total. The quantitative estimate of drug-likeness (QED) is 0.580. The zero-order valence-corrected chi connectivity index (χ0v) is 14.9. The van der Waals surface area contributed by atoms with Crippen molar-refractivity contribution in [3.05, 3.63) is 59.7 Å². The predicted octanol–water partition coefficient (Wildman–Crippen LogP) is 0.465. The zero-order chi connectivity index (χ0) is 19.4. The first-order valence-corrected chi connectivity index (χ1v) is 8.71. The second-order valence-corrected chi connectivity index (χ2v) is 6.45. The standard InChI is InChI=1S/C20H24O7/c1-25-14-8-6-12(7-9-14)10-13-4-2-3-5-15(13)26-20-19(24)18(23)17(22)16(11-21)27-20/h2-9,16-24H,10-11H2,1H3/t16-,17-,18+,19?,20-/m1/s1. The lowest BCUT2D eigenvalue weighted by atomic mass is 9.99. The molecule has 0 aliphatic carbocycles. The van der Waals surface area contributed by atoms with Gasteiger partial charge < -0.3 is 34.6 Å². The molecule has 1 heterocycles. The lowest BCUT2D eigenvalue weighted by Crippen LogP contribution is -2.60. The van der Waals surface area contributed by atoms with Gasteiger partial charge in [-0.05, 0) is 29.3 Å². The van der Waals surface area contributed by atoms with Gasteiger partial charge in [0.2, 0.25) is 6.29 Å².